The second-order valence-corrected chi connectivity index (χ2v) is 5.76. The van der Waals surface area contributed by atoms with E-state index >= 15 is 0 Å². The zero-order valence-electron chi connectivity index (χ0n) is 24.1. The molecule has 0 spiro atoms. The molecule has 7 nitrogen and oxygen atoms in total. The molecule has 2 aromatic carbocycles. The van der Waals surface area contributed by atoms with E-state index in [9.17, 15) is 4.79 Å². The van der Waals surface area contributed by atoms with Gasteiger partial charge in [-0.15, -0.1) is 0 Å². The van der Waals surface area contributed by atoms with Gasteiger partial charge in [0.15, 0.2) is 11.5 Å². The summed E-state index contributed by atoms with van der Waals surface area (Å²) in [5.41, 5.74) is 0.944. The zero-order valence-corrected chi connectivity index (χ0v) is 14.1. The molecule has 0 saturated heterocycles. The van der Waals surface area contributed by atoms with Crippen molar-refractivity contribution in [3.8, 4) is 28.6 Å². The highest BCUT2D eigenvalue weighted by atomic mass is 16.5. The van der Waals surface area contributed by atoms with Gasteiger partial charge in [0, 0.05) is 28.2 Å². The first-order valence-electron chi connectivity index (χ1n) is 12.9. The monoisotopic (exact) mass is 387 g/mol. The topological polar surface area (TPSA) is 89.2 Å². The number of carbonyl (C=O) groups excluding carboxylic acids is 1. The Balaban J connectivity index is 1.79. The Morgan fingerprint density at radius 1 is 1.14 bits per heavy atom. The van der Waals surface area contributed by atoms with E-state index in [0.29, 0.717) is 10.9 Å². The number of nitrogens with zero attached hydrogens (tertiary/aromatic N) is 1. The predicted molar refractivity (Wildman–Crippen MR) is 105 cm³/mol. The molecule has 2 aromatic heterocycles. The number of hydrogen-bond donors (Lipinski definition) is 2. The summed E-state index contributed by atoms with van der Waals surface area (Å²) in [6, 6.07) is 7.02. The molecule has 0 aliphatic carbocycles. The highest BCUT2D eigenvalue weighted by molar-refractivity contribution is 6.09. The maximum absolute atomic E-state index is 13.3. The van der Waals surface area contributed by atoms with Crippen molar-refractivity contribution in [2.75, 3.05) is 21.1 Å². The minimum absolute atomic E-state index is 0.0689. The summed E-state index contributed by atoms with van der Waals surface area (Å²) in [7, 11) is -9.36. The molecule has 0 bridgehead atoms. The molecule has 0 aliphatic heterocycles. The lowest BCUT2D eigenvalue weighted by molar-refractivity contribution is 0.103. The van der Waals surface area contributed by atoms with Crippen LogP contribution in [0.2, 0.25) is 0 Å². The molecule has 0 radical (unpaired) electrons. The van der Waals surface area contributed by atoms with Crippen LogP contribution in [0, 0.1) is 0 Å². The molecule has 4 aromatic rings. The molecule has 2 N–H and O–H groups in total. The van der Waals surface area contributed by atoms with E-state index < -0.39 is 44.1 Å². The lowest BCUT2D eigenvalue weighted by Crippen LogP contribution is -2.04. The standard InChI is InChI=1S/C21H19N3O4/c1-26-17-8-12(9-18(27-2)20(17)28-3)19(25)16-11-23-21(24-16)14-10-22-15-7-5-4-6-13(14)15/h4-11,22H,1-3H3,(H,23,24)/i1D3,2D3,3D3,4D. The average molecular weight is 387 g/mol. The number of hydrogen-bond acceptors (Lipinski definition) is 5. The quantitative estimate of drug-likeness (QED) is 0.491. The third-order valence-electron chi connectivity index (χ3n) is 4.21. The SMILES string of the molecule is [2H]c1ccc2[nH]cc(-c3ncc(C(=O)c4cc(OC([2H])([2H])[2H])c(OC([2H])([2H])[2H])c(OC([2H])([2H])[2H])c4)[nH]3)c2c1. The van der Waals surface area contributed by atoms with E-state index in [1.165, 1.54) is 6.20 Å². The second kappa shape index (κ2) is 7.11. The Kier molecular flexibility index (Phi) is 2.40. The summed E-state index contributed by atoms with van der Waals surface area (Å²) in [5, 5.41) is 0.679. The Hall–Kier alpha value is -3.74. The predicted octanol–water partition coefficient (Wildman–Crippen LogP) is 3.81. The van der Waals surface area contributed by atoms with Crippen molar-refractivity contribution >= 4 is 16.7 Å². The minimum atomic E-state index is -3.14. The van der Waals surface area contributed by atoms with Crippen molar-refractivity contribution in [2.45, 2.75) is 0 Å². The van der Waals surface area contributed by atoms with Crippen LogP contribution in [0.15, 0.2) is 48.8 Å². The van der Waals surface area contributed by atoms with Crippen LogP contribution in [-0.4, -0.2) is 41.8 Å². The van der Waals surface area contributed by atoms with E-state index in [1.54, 1.807) is 24.4 Å². The van der Waals surface area contributed by atoms with Crippen LogP contribution < -0.4 is 14.2 Å². The molecule has 142 valence electrons. The van der Waals surface area contributed by atoms with Crippen LogP contribution in [0.3, 0.4) is 0 Å². The number of fused-ring (bicyclic) bond motifs is 1. The van der Waals surface area contributed by atoms with Crippen molar-refractivity contribution in [3.05, 3.63) is 60.0 Å². The molecule has 0 amide bonds. The van der Waals surface area contributed by atoms with Crippen molar-refractivity contribution in [1.82, 2.24) is 15.0 Å². The summed E-state index contributed by atoms with van der Waals surface area (Å²) in [5.74, 6) is -2.80. The van der Waals surface area contributed by atoms with Gasteiger partial charge in [-0.2, -0.15) is 0 Å². The first-order valence-corrected chi connectivity index (χ1v) is 7.92. The van der Waals surface area contributed by atoms with Crippen LogP contribution in [0.5, 0.6) is 17.2 Å². The van der Waals surface area contributed by atoms with Gasteiger partial charge >= 0.3 is 0 Å². The average Bonchev–Trinajstić information content (AvgIpc) is 3.39. The van der Waals surface area contributed by atoms with E-state index in [-0.39, 0.29) is 23.1 Å². The first kappa shape index (κ1) is 9.45. The second-order valence-electron chi connectivity index (χ2n) is 5.76. The molecular weight excluding hydrogens is 358 g/mol. The Labute approximate surface area is 175 Å². The van der Waals surface area contributed by atoms with Crippen LogP contribution in [0.4, 0.5) is 0 Å². The first-order chi connectivity index (χ1) is 17.5. The van der Waals surface area contributed by atoms with Gasteiger partial charge in [0.25, 0.3) is 0 Å². The van der Waals surface area contributed by atoms with Crippen LogP contribution in [0.1, 0.15) is 29.8 Å². The maximum Gasteiger partial charge on any atom is 0.211 e. The number of ether oxygens (including phenoxy) is 3. The van der Waals surface area contributed by atoms with Gasteiger partial charge in [-0.25, -0.2) is 4.98 Å². The molecule has 28 heavy (non-hydrogen) atoms. The molecule has 7 heteroatoms. The molecular formula is C21H19N3O4. The summed E-state index contributed by atoms with van der Waals surface area (Å²) >= 11 is 0. The van der Waals surface area contributed by atoms with E-state index in [1.807, 2.05) is 0 Å². The van der Waals surface area contributed by atoms with Gasteiger partial charge in [0.05, 0.1) is 41.0 Å². The molecule has 0 unspecified atom stereocenters. The number of imidazole rings is 1. The Morgan fingerprint density at radius 3 is 2.68 bits per heavy atom. The number of aromatic nitrogens is 3. The van der Waals surface area contributed by atoms with E-state index in [4.69, 9.17) is 27.9 Å². The van der Waals surface area contributed by atoms with Crippen LogP contribution in [0.25, 0.3) is 22.3 Å². The molecule has 2 heterocycles. The largest absolute Gasteiger partial charge is 0.493 e. The zero-order chi connectivity index (χ0) is 28.0. The van der Waals surface area contributed by atoms with E-state index in [2.05, 4.69) is 15.0 Å². The number of benzene rings is 2. The van der Waals surface area contributed by atoms with Gasteiger partial charge in [0.1, 0.15) is 11.5 Å². The summed E-state index contributed by atoms with van der Waals surface area (Å²) in [6.07, 6.45) is 2.85. The number of ketones is 1. The number of H-pyrrole nitrogens is 2. The molecule has 0 atom stereocenters. The molecule has 4 rings (SSSR count). The number of nitrogens with one attached hydrogen (secondary N) is 2. The molecule has 0 aliphatic rings. The fourth-order valence-corrected chi connectivity index (χ4v) is 2.89. The van der Waals surface area contributed by atoms with Gasteiger partial charge in [0.2, 0.25) is 11.5 Å². The van der Waals surface area contributed by atoms with Gasteiger partial charge in [-0.3, -0.25) is 4.79 Å². The number of carbonyl (C=O) groups is 1. The molecule has 0 saturated carbocycles. The Morgan fingerprint density at radius 2 is 1.93 bits per heavy atom. The van der Waals surface area contributed by atoms with Crippen molar-refractivity contribution < 1.29 is 32.7 Å². The number of aromatic amines is 2. The summed E-state index contributed by atoms with van der Waals surface area (Å²) in [4.78, 5) is 23.4. The smallest absolute Gasteiger partial charge is 0.211 e. The number of para-hydroxylation sites is 1. The highest BCUT2D eigenvalue weighted by Crippen LogP contribution is 2.38. The molecule has 0 fully saturated rings. The third-order valence-corrected chi connectivity index (χ3v) is 4.21. The third kappa shape index (κ3) is 2.87. The normalized spacial score (nSPS) is 17.4. The van der Waals surface area contributed by atoms with Crippen LogP contribution >= 0.6 is 0 Å². The lowest BCUT2D eigenvalue weighted by atomic mass is 10.1. The van der Waals surface area contributed by atoms with Crippen LogP contribution in [-0.2, 0) is 0 Å². The number of methoxy groups -OCH3 is 3. The van der Waals surface area contributed by atoms with Crippen molar-refractivity contribution in [3.63, 3.8) is 0 Å². The maximum atomic E-state index is 13.3. The van der Waals surface area contributed by atoms with Gasteiger partial charge in [-0.05, 0) is 18.2 Å². The summed E-state index contributed by atoms with van der Waals surface area (Å²) in [6.45, 7) is 0. The lowest BCUT2D eigenvalue weighted by Gasteiger charge is -2.13. The van der Waals surface area contributed by atoms with E-state index in [0.717, 1.165) is 17.6 Å². The summed E-state index contributed by atoms with van der Waals surface area (Å²) < 4.78 is 88.8. The highest BCUT2D eigenvalue weighted by Gasteiger charge is 2.20. The van der Waals surface area contributed by atoms with Crippen molar-refractivity contribution in [1.29, 1.82) is 0 Å². The fraction of sp³-hybridized carbons (Fsp3) is 0.143. The van der Waals surface area contributed by atoms with Gasteiger partial charge in [-0.1, -0.05) is 18.2 Å². The fourth-order valence-electron chi connectivity index (χ4n) is 2.89. The van der Waals surface area contributed by atoms with Gasteiger partial charge < -0.3 is 24.2 Å². The minimum Gasteiger partial charge on any atom is -0.493 e. The van der Waals surface area contributed by atoms with Crippen molar-refractivity contribution in [2.24, 2.45) is 0 Å². The Bertz CT molecular complexity index is 1460. The number of rotatable bonds is 6.